The van der Waals surface area contributed by atoms with Crippen LogP contribution in [-0.2, 0) is 0 Å². The summed E-state index contributed by atoms with van der Waals surface area (Å²) < 4.78 is 46.4. The largest absolute Gasteiger partial charge is 0.495 e. The van der Waals surface area contributed by atoms with Gasteiger partial charge in [0.2, 0.25) is 0 Å². The van der Waals surface area contributed by atoms with Gasteiger partial charge >= 0.3 is 5.51 Å². The normalized spacial score (nSPS) is 11.1. The number of thioether (sulfide) groups is 1. The lowest BCUT2D eigenvalue weighted by molar-refractivity contribution is -0.0330. The van der Waals surface area contributed by atoms with E-state index in [-0.39, 0.29) is 34.9 Å². The van der Waals surface area contributed by atoms with Gasteiger partial charge in [-0.05, 0) is 52.2 Å². The number of carbonyl (C=O) groups is 1. The van der Waals surface area contributed by atoms with Crippen LogP contribution in [0.25, 0.3) is 5.65 Å². The summed E-state index contributed by atoms with van der Waals surface area (Å²) in [7, 11) is 4.78. The zero-order chi connectivity index (χ0) is 23.5. The molecule has 0 aliphatic carbocycles. The van der Waals surface area contributed by atoms with Crippen LogP contribution in [0.3, 0.4) is 0 Å². The molecule has 0 bridgehead atoms. The molecule has 0 aliphatic rings. The number of pyridine rings is 1. The first-order valence-electron chi connectivity index (χ1n) is 9.15. The highest BCUT2D eigenvalue weighted by Gasteiger charge is 2.33. The Hall–Kier alpha value is -2.84. The summed E-state index contributed by atoms with van der Waals surface area (Å²) in [6.07, 6.45) is 1.51. The maximum Gasteiger partial charge on any atom is 0.447 e. The summed E-state index contributed by atoms with van der Waals surface area (Å²) in [5.74, 6) is 5.80. The van der Waals surface area contributed by atoms with Crippen molar-refractivity contribution in [1.82, 2.24) is 14.3 Å². The van der Waals surface area contributed by atoms with Crippen molar-refractivity contribution >= 4 is 44.9 Å². The van der Waals surface area contributed by atoms with Crippen molar-refractivity contribution < 1.29 is 22.7 Å². The van der Waals surface area contributed by atoms with Gasteiger partial charge in [-0.15, -0.1) is 0 Å². The summed E-state index contributed by atoms with van der Waals surface area (Å²) in [5.41, 5.74) is -3.04. The molecule has 0 fully saturated rings. The number of aromatic nitrogens is 2. The van der Waals surface area contributed by atoms with Crippen LogP contribution in [0.1, 0.15) is 16.1 Å². The second kappa shape index (κ2) is 9.75. The number of fused-ring (bicyclic) bond motifs is 1. The van der Waals surface area contributed by atoms with E-state index in [1.807, 2.05) is 0 Å². The number of halogens is 4. The molecule has 2 heterocycles. The van der Waals surface area contributed by atoms with E-state index in [4.69, 9.17) is 4.74 Å². The summed E-state index contributed by atoms with van der Waals surface area (Å²) in [6.45, 7) is 0.127. The van der Waals surface area contributed by atoms with Crippen LogP contribution >= 0.6 is 27.7 Å². The van der Waals surface area contributed by atoms with Crippen LogP contribution in [-0.4, -0.2) is 53.4 Å². The molecule has 1 amide bonds. The second-order valence-electron chi connectivity index (χ2n) is 6.63. The van der Waals surface area contributed by atoms with Gasteiger partial charge in [-0.1, -0.05) is 5.92 Å². The maximum atomic E-state index is 13.1. The van der Waals surface area contributed by atoms with Crippen molar-refractivity contribution in [1.29, 1.82) is 0 Å². The Bertz CT molecular complexity index is 1220. The fraction of sp³-hybridized carbons (Fsp3) is 0.238. The highest BCUT2D eigenvalue weighted by Crippen LogP contribution is 2.39. The number of carbonyl (C=O) groups excluding carboxylic acids is 1. The van der Waals surface area contributed by atoms with Crippen molar-refractivity contribution in [2.45, 2.75) is 10.5 Å². The van der Waals surface area contributed by atoms with Gasteiger partial charge in [-0.2, -0.15) is 13.2 Å². The van der Waals surface area contributed by atoms with Crippen LogP contribution in [0.15, 0.2) is 46.0 Å². The van der Waals surface area contributed by atoms with Crippen LogP contribution < -0.4 is 10.1 Å². The van der Waals surface area contributed by atoms with Crippen LogP contribution in [0.4, 0.5) is 18.9 Å². The highest BCUT2D eigenvalue weighted by atomic mass is 79.9. The molecular weight excluding hydrogens is 509 g/mol. The van der Waals surface area contributed by atoms with Crippen molar-refractivity contribution in [2.24, 2.45) is 0 Å². The number of methoxy groups -OCH3 is 1. The molecule has 11 heteroatoms. The van der Waals surface area contributed by atoms with Gasteiger partial charge in [-0.25, -0.2) is 4.98 Å². The number of rotatable bonds is 5. The van der Waals surface area contributed by atoms with E-state index in [9.17, 15) is 18.0 Å². The molecule has 1 N–H and O–H groups in total. The number of benzene rings is 1. The number of anilines is 1. The Kier molecular flexibility index (Phi) is 7.26. The standard InChI is InChI=1S/C21H18BrF3N4O2S/c1-28(2)19(30)13-8-9-15(17(12-13)31-3)26-10-4-7-16-20(32-21(23,24)25)29-11-5-6-14(22)18(29)27-16/h5-6,8-9,11-12,26H,10H2,1-3H3. The van der Waals surface area contributed by atoms with E-state index in [1.54, 1.807) is 44.4 Å². The third-order valence-corrected chi connectivity index (χ3v) is 5.63. The maximum absolute atomic E-state index is 13.1. The Morgan fingerprint density at radius 2 is 2.09 bits per heavy atom. The summed E-state index contributed by atoms with van der Waals surface area (Å²) >= 11 is 3.04. The lowest BCUT2D eigenvalue weighted by Gasteiger charge is -2.14. The van der Waals surface area contributed by atoms with Crippen molar-refractivity contribution in [2.75, 3.05) is 33.1 Å². The van der Waals surface area contributed by atoms with E-state index in [0.717, 1.165) is 0 Å². The molecule has 3 aromatic rings. The number of nitrogens with one attached hydrogen (secondary N) is 1. The zero-order valence-corrected chi connectivity index (χ0v) is 19.7. The van der Waals surface area contributed by atoms with E-state index in [1.165, 1.54) is 22.6 Å². The fourth-order valence-corrected chi connectivity index (χ4v) is 3.89. The van der Waals surface area contributed by atoms with Gasteiger partial charge in [-0.3, -0.25) is 9.20 Å². The molecule has 0 saturated carbocycles. The van der Waals surface area contributed by atoms with Crippen molar-refractivity contribution in [3.05, 3.63) is 52.3 Å². The van der Waals surface area contributed by atoms with Crippen LogP contribution in [0.2, 0.25) is 0 Å². The molecule has 0 atom stereocenters. The molecule has 0 spiro atoms. The summed E-state index contributed by atoms with van der Waals surface area (Å²) in [4.78, 5) is 17.8. The van der Waals surface area contributed by atoms with Crippen LogP contribution in [0, 0.1) is 11.8 Å². The van der Waals surface area contributed by atoms with Gasteiger partial charge < -0.3 is 15.0 Å². The fourth-order valence-electron chi connectivity index (χ4n) is 2.80. The molecule has 32 heavy (non-hydrogen) atoms. The Morgan fingerprint density at radius 1 is 1.34 bits per heavy atom. The molecule has 0 unspecified atom stereocenters. The Balaban J connectivity index is 1.83. The number of amides is 1. The number of hydrogen-bond acceptors (Lipinski definition) is 5. The summed E-state index contributed by atoms with van der Waals surface area (Å²) in [6, 6.07) is 8.26. The average molecular weight is 527 g/mol. The predicted octanol–water partition coefficient (Wildman–Crippen LogP) is 4.88. The van der Waals surface area contributed by atoms with E-state index in [0.29, 0.717) is 27.1 Å². The minimum absolute atomic E-state index is 0.0277. The average Bonchev–Trinajstić information content (AvgIpc) is 3.07. The topological polar surface area (TPSA) is 58.9 Å². The van der Waals surface area contributed by atoms with E-state index < -0.39 is 5.51 Å². The lowest BCUT2D eigenvalue weighted by Crippen LogP contribution is -2.21. The van der Waals surface area contributed by atoms with E-state index in [2.05, 4.69) is 38.1 Å². The second-order valence-corrected chi connectivity index (χ2v) is 8.54. The van der Waals surface area contributed by atoms with Gasteiger partial charge in [0.1, 0.15) is 16.5 Å². The first-order chi connectivity index (χ1) is 15.1. The molecule has 6 nitrogen and oxygen atoms in total. The molecule has 0 saturated heterocycles. The Labute approximate surface area is 195 Å². The van der Waals surface area contributed by atoms with Crippen LogP contribution in [0.5, 0.6) is 5.75 Å². The number of nitrogens with zero attached hydrogens (tertiary/aromatic N) is 3. The monoisotopic (exact) mass is 526 g/mol. The Morgan fingerprint density at radius 3 is 2.75 bits per heavy atom. The minimum Gasteiger partial charge on any atom is -0.495 e. The molecule has 0 aliphatic heterocycles. The SMILES string of the molecule is COc1cc(C(=O)N(C)C)ccc1NCC#Cc1nc2c(Br)cccn2c1SC(F)(F)F. The first kappa shape index (κ1) is 23.8. The number of imidazole rings is 1. The number of ether oxygens (including phenoxy) is 1. The van der Waals surface area contributed by atoms with Gasteiger partial charge in [0.05, 0.1) is 23.8 Å². The third-order valence-electron chi connectivity index (χ3n) is 4.20. The zero-order valence-electron chi connectivity index (χ0n) is 17.2. The van der Waals surface area contributed by atoms with Crippen molar-refractivity contribution in [3.8, 4) is 17.6 Å². The molecule has 2 aromatic heterocycles. The van der Waals surface area contributed by atoms with Gasteiger partial charge in [0, 0.05) is 37.6 Å². The smallest absolute Gasteiger partial charge is 0.447 e. The van der Waals surface area contributed by atoms with Gasteiger partial charge in [0.25, 0.3) is 5.91 Å². The van der Waals surface area contributed by atoms with Crippen molar-refractivity contribution in [3.63, 3.8) is 0 Å². The highest BCUT2D eigenvalue weighted by molar-refractivity contribution is 9.10. The quantitative estimate of drug-likeness (QED) is 0.379. The number of hydrogen-bond donors (Lipinski definition) is 1. The predicted molar refractivity (Wildman–Crippen MR) is 121 cm³/mol. The third kappa shape index (κ3) is 5.49. The molecular formula is C21H18BrF3N4O2S. The first-order valence-corrected chi connectivity index (χ1v) is 10.8. The van der Waals surface area contributed by atoms with Gasteiger partial charge in [0.15, 0.2) is 5.65 Å². The lowest BCUT2D eigenvalue weighted by atomic mass is 10.1. The molecule has 3 rings (SSSR count). The number of alkyl halides is 3. The molecule has 168 valence electrons. The summed E-state index contributed by atoms with van der Waals surface area (Å²) in [5, 5.41) is 2.94. The molecule has 0 radical (unpaired) electrons. The molecule has 1 aromatic carbocycles. The van der Waals surface area contributed by atoms with E-state index >= 15 is 0 Å². The minimum atomic E-state index is -4.48.